The van der Waals surface area contributed by atoms with E-state index in [9.17, 15) is 0 Å². The van der Waals surface area contributed by atoms with Gasteiger partial charge in [0.15, 0.2) is 11.6 Å². The first-order valence-corrected chi connectivity index (χ1v) is 13.0. The van der Waals surface area contributed by atoms with Crippen LogP contribution in [0.2, 0.25) is 0 Å². The molecule has 0 saturated carbocycles. The lowest BCUT2D eigenvalue weighted by Crippen LogP contribution is -2.17. The zero-order valence-electron chi connectivity index (χ0n) is 21.2. The molecule has 1 unspecified atom stereocenters. The Morgan fingerprint density at radius 3 is 2.32 bits per heavy atom. The predicted octanol–water partition coefficient (Wildman–Crippen LogP) is 8.26. The molecule has 38 heavy (non-hydrogen) atoms. The third-order valence-corrected chi connectivity index (χ3v) is 8.06. The van der Waals surface area contributed by atoms with Gasteiger partial charge in [-0.1, -0.05) is 92.7 Å². The molecule has 6 aromatic rings. The molecule has 0 amide bonds. The molecule has 1 aliphatic heterocycles. The van der Waals surface area contributed by atoms with Crippen molar-refractivity contribution in [1.29, 1.82) is 0 Å². The van der Waals surface area contributed by atoms with Crippen molar-refractivity contribution < 1.29 is 4.74 Å². The van der Waals surface area contributed by atoms with Crippen LogP contribution in [0, 0.1) is 0 Å². The van der Waals surface area contributed by atoms with Gasteiger partial charge in [-0.15, -0.1) is 0 Å². The largest absolute Gasteiger partial charge is 0.461 e. The minimum absolute atomic E-state index is 0.198. The van der Waals surface area contributed by atoms with E-state index in [4.69, 9.17) is 14.7 Å². The summed E-state index contributed by atoms with van der Waals surface area (Å²) in [6, 6.07) is 36.1. The number of rotatable bonds is 2. The fraction of sp³-hybridized carbons (Fsp3) is 0.118. The second-order valence-electron chi connectivity index (χ2n) is 10.7. The van der Waals surface area contributed by atoms with Gasteiger partial charge in [0.1, 0.15) is 0 Å². The minimum Gasteiger partial charge on any atom is -0.461 e. The Morgan fingerprint density at radius 1 is 0.737 bits per heavy atom. The summed E-state index contributed by atoms with van der Waals surface area (Å²) >= 11 is 0. The molecule has 0 fully saturated rings. The van der Waals surface area contributed by atoms with E-state index in [1.807, 2.05) is 36.4 Å². The summed E-state index contributed by atoms with van der Waals surface area (Å²) in [5.74, 6) is 1.53. The van der Waals surface area contributed by atoms with Crippen LogP contribution in [0.5, 0.6) is 5.75 Å². The van der Waals surface area contributed by atoms with Crippen molar-refractivity contribution in [3.8, 4) is 28.1 Å². The summed E-state index contributed by atoms with van der Waals surface area (Å²) in [4.78, 5) is 9.98. The first-order chi connectivity index (χ1) is 18.6. The number of ether oxygens (including phenoxy) is 1. The van der Waals surface area contributed by atoms with Gasteiger partial charge in [-0.3, -0.25) is 0 Å². The van der Waals surface area contributed by atoms with E-state index in [-0.39, 0.29) is 5.41 Å². The van der Waals surface area contributed by atoms with Gasteiger partial charge in [-0.05, 0) is 51.7 Å². The fourth-order valence-electron chi connectivity index (χ4n) is 6.21. The molecule has 1 aliphatic carbocycles. The van der Waals surface area contributed by atoms with Crippen LogP contribution in [0.3, 0.4) is 0 Å². The Balaban J connectivity index is 1.26. The van der Waals surface area contributed by atoms with Gasteiger partial charge in [0.05, 0.1) is 16.9 Å². The highest BCUT2D eigenvalue weighted by molar-refractivity contribution is 5.96. The molecular weight excluding hydrogens is 466 g/mol. The van der Waals surface area contributed by atoms with E-state index < -0.39 is 6.23 Å². The lowest BCUT2D eigenvalue weighted by atomic mass is 9.81. The number of anilines is 1. The van der Waals surface area contributed by atoms with E-state index in [0.29, 0.717) is 5.82 Å². The van der Waals surface area contributed by atoms with Gasteiger partial charge in [-0.2, -0.15) is 0 Å². The van der Waals surface area contributed by atoms with Crippen molar-refractivity contribution in [2.75, 3.05) is 5.32 Å². The van der Waals surface area contributed by atoms with Crippen molar-refractivity contribution in [2.45, 2.75) is 25.5 Å². The molecule has 182 valence electrons. The molecule has 8 rings (SSSR count). The molecule has 0 saturated heterocycles. The maximum Gasteiger partial charge on any atom is 0.231 e. The topological polar surface area (TPSA) is 47.0 Å². The Kier molecular flexibility index (Phi) is 4.31. The quantitative estimate of drug-likeness (QED) is 0.265. The number of nitrogens with zero attached hydrogens (tertiary/aromatic N) is 2. The zero-order chi connectivity index (χ0) is 25.4. The highest BCUT2D eigenvalue weighted by atomic mass is 16.5. The molecule has 1 aromatic heterocycles. The fourth-order valence-corrected chi connectivity index (χ4v) is 6.21. The van der Waals surface area contributed by atoms with Crippen LogP contribution >= 0.6 is 0 Å². The predicted molar refractivity (Wildman–Crippen MR) is 153 cm³/mol. The Hall–Kier alpha value is -4.70. The smallest absolute Gasteiger partial charge is 0.231 e. The summed E-state index contributed by atoms with van der Waals surface area (Å²) in [6.07, 6.45) is -0.470. The average Bonchev–Trinajstić information content (AvgIpc) is 3.48. The van der Waals surface area contributed by atoms with Gasteiger partial charge >= 0.3 is 0 Å². The van der Waals surface area contributed by atoms with Crippen LogP contribution in [-0.2, 0) is 5.41 Å². The van der Waals surface area contributed by atoms with Gasteiger partial charge < -0.3 is 10.1 Å². The molecule has 4 nitrogen and oxygen atoms in total. The van der Waals surface area contributed by atoms with Crippen LogP contribution in [0.1, 0.15) is 37.0 Å². The molecule has 5 aromatic carbocycles. The molecule has 0 spiro atoms. The zero-order valence-corrected chi connectivity index (χ0v) is 21.2. The van der Waals surface area contributed by atoms with E-state index in [0.717, 1.165) is 33.6 Å². The molecule has 2 aliphatic rings. The Labute approximate surface area is 221 Å². The lowest BCUT2D eigenvalue weighted by Gasteiger charge is -2.23. The number of hydrogen-bond acceptors (Lipinski definition) is 4. The third kappa shape index (κ3) is 2.97. The number of hydrogen-bond donors (Lipinski definition) is 1. The molecule has 0 bridgehead atoms. The first kappa shape index (κ1) is 21.4. The monoisotopic (exact) mass is 491 g/mol. The van der Waals surface area contributed by atoms with Crippen LogP contribution in [-0.4, -0.2) is 9.97 Å². The minimum atomic E-state index is -0.470. The Morgan fingerprint density at radius 2 is 1.47 bits per heavy atom. The van der Waals surface area contributed by atoms with Gasteiger partial charge in [0.2, 0.25) is 6.23 Å². The summed E-state index contributed by atoms with van der Waals surface area (Å²) in [7, 11) is 0. The van der Waals surface area contributed by atoms with E-state index in [1.54, 1.807) is 0 Å². The summed E-state index contributed by atoms with van der Waals surface area (Å²) in [5.41, 5.74) is 8.74. The van der Waals surface area contributed by atoms with Crippen LogP contribution in [0.4, 0.5) is 5.69 Å². The highest BCUT2D eigenvalue weighted by Crippen LogP contribution is 2.57. The molecule has 1 N–H and O–H groups in total. The number of aromatic nitrogens is 2. The SMILES string of the molecule is CC1(C)c2cc3ccccc3cc2-c2ccc3c(c21)OC(c1nc(-c2ccccc2)c2ccccc2n1)N3. The van der Waals surface area contributed by atoms with Crippen molar-refractivity contribution >= 4 is 27.4 Å². The third-order valence-electron chi connectivity index (χ3n) is 8.06. The van der Waals surface area contributed by atoms with Crippen molar-refractivity contribution in [2.24, 2.45) is 0 Å². The normalized spacial score (nSPS) is 16.5. The molecule has 4 heteroatoms. The van der Waals surface area contributed by atoms with Gasteiger partial charge in [0.25, 0.3) is 0 Å². The van der Waals surface area contributed by atoms with Crippen LogP contribution in [0.25, 0.3) is 44.1 Å². The maximum absolute atomic E-state index is 6.70. The van der Waals surface area contributed by atoms with E-state index >= 15 is 0 Å². The molecule has 1 atom stereocenters. The first-order valence-electron chi connectivity index (χ1n) is 13.0. The molecule has 2 heterocycles. The Bertz CT molecular complexity index is 1910. The van der Waals surface area contributed by atoms with Gasteiger partial charge in [0, 0.05) is 21.9 Å². The van der Waals surface area contributed by atoms with E-state index in [1.165, 1.54) is 33.0 Å². The summed E-state index contributed by atoms with van der Waals surface area (Å²) in [5, 5.41) is 7.12. The van der Waals surface area contributed by atoms with Crippen LogP contribution in [0.15, 0.2) is 103 Å². The standard InChI is InChI=1S/C34H25N3O/c1-34(2)26-19-22-13-7-6-12-21(22)18-25(26)23-16-17-28-31(29(23)34)38-33(36-28)32-35-27-15-9-8-14-24(27)30(37-32)20-10-4-3-5-11-20/h3-19,33,36H,1-2H3. The van der Waals surface area contributed by atoms with Crippen molar-refractivity contribution in [1.82, 2.24) is 9.97 Å². The summed E-state index contributed by atoms with van der Waals surface area (Å²) < 4.78 is 6.70. The number of fused-ring (bicyclic) bond motifs is 7. The summed E-state index contributed by atoms with van der Waals surface area (Å²) in [6.45, 7) is 4.59. The number of nitrogens with one attached hydrogen (secondary N) is 1. The van der Waals surface area contributed by atoms with E-state index in [2.05, 4.69) is 85.9 Å². The second-order valence-corrected chi connectivity index (χ2v) is 10.7. The van der Waals surface area contributed by atoms with Crippen molar-refractivity contribution in [3.63, 3.8) is 0 Å². The molecule has 0 radical (unpaired) electrons. The maximum atomic E-state index is 6.70. The van der Waals surface area contributed by atoms with Gasteiger partial charge in [-0.25, -0.2) is 9.97 Å². The van der Waals surface area contributed by atoms with Crippen molar-refractivity contribution in [3.05, 3.63) is 120 Å². The van der Waals surface area contributed by atoms with Crippen LogP contribution < -0.4 is 10.1 Å². The highest BCUT2D eigenvalue weighted by Gasteiger charge is 2.42. The average molecular weight is 492 g/mol. The number of para-hydroxylation sites is 1. The number of benzene rings is 5. The lowest BCUT2D eigenvalue weighted by molar-refractivity contribution is 0.245. The molecular formula is C34H25N3O. The second kappa shape index (κ2) is 7.65.